The van der Waals surface area contributed by atoms with E-state index in [1.54, 1.807) is 25.5 Å². The molecule has 4 rings (SSSR count). The van der Waals surface area contributed by atoms with Gasteiger partial charge < -0.3 is 20.1 Å². The first-order chi connectivity index (χ1) is 13.1. The summed E-state index contributed by atoms with van der Waals surface area (Å²) in [5.41, 5.74) is 4.05. The molecule has 1 aliphatic heterocycles. The van der Waals surface area contributed by atoms with E-state index >= 15 is 0 Å². The third kappa shape index (κ3) is 2.98. The number of benzene rings is 1. The molecule has 0 aliphatic carbocycles. The van der Waals surface area contributed by atoms with Gasteiger partial charge in [-0.3, -0.25) is 4.98 Å². The van der Waals surface area contributed by atoms with E-state index in [0.717, 1.165) is 33.1 Å². The molecule has 2 atom stereocenters. The van der Waals surface area contributed by atoms with Crippen LogP contribution in [0, 0.1) is 5.92 Å². The molecule has 6 nitrogen and oxygen atoms in total. The van der Waals surface area contributed by atoms with Crippen molar-refractivity contribution in [3.8, 4) is 0 Å². The van der Waals surface area contributed by atoms with Crippen molar-refractivity contribution in [2.75, 3.05) is 7.11 Å². The number of aromatic nitrogens is 2. The van der Waals surface area contributed by atoms with Gasteiger partial charge in [-0.1, -0.05) is 18.2 Å². The normalized spacial score (nSPS) is 18.0. The fourth-order valence-corrected chi connectivity index (χ4v) is 3.75. The lowest BCUT2D eigenvalue weighted by Gasteiger charge is -2.27. The first-order valence-corrected chi connectivity index (χ1v) is 8.87. The van der Waals surface area contributed by atoms with Gasteiger partial charge in [-0.15, -0.1) is 0 Å². The van der Waals surface area contributed by atoms with Crippen LogP contribution >= 0.6 is 0 Å². The maximum Gasteiger partial charge on any atom is 0.335 e. The maximum atomic E-state index is 12.3. The second-order valence-corrected chi connectivity index (χ2v) is 6.69. The Morgan fingerprint density at radius 1 is 1.26 bits per heavy atom. The number of hydrogen-bond acceptors (Lipinski definition) is 5. The number of aliphatic hydroxyl groups excluding tert-OH is 1. The predicted molar refractivity (Wildman–Crippen MR) is 104 cm³/mol. The van der Waals surface area contributed by atoms with E-state index in [9.17, 15) is 9.90 Å². The highest BCUT2D eigenvalue weighted by molar-refractivity contribution is 6.07. The summed E-state index contributed by atoms with van der Waals surface area (Å²) in [4.78, 5) is 20.3. The highest BCUT2D eigenvalue weighted by atomic mass is 16.5. The zero-order valence-electron chi connectivity index (χ0n) is 15.2. The van der Waals surface area contributed by atoms with E-state index in [1.807, 2.05) is 24.3 Å². The Morgan fingerprint density at radius 3 is 2.85 bits per heavy atom. The Bertz CT molecular complexity index is 1080. The van der Waals surface area contributed by atoms with E-state index in [4.69, 9.17) is 4.74 Å². The molecule has 27 heavy (non-hydrogen) atoms. The molecule has 2 aromatic heterocycles. The first-order valence-electron chi connectivity index (χ1n) is 8.87. The number of esters is 1. The number of H-pyrrole nitrogens is 1. The number of dihydropyridines is 1. The minimum Gasteiger partial charge on any atom is -0.466 e. The molecule has 0 radical (unpaired) electrons. The molecule has 0 fully saturated rings. The Morgan fingerprint density at radius 2 is 2.07 bits per heavy atom. The number of nitrogens with one attached hydrogen (secondary N) is 2. The highest BCUT2D eigenvalue weighted by Gasteiger charge is 2.31. The largest absolute Gasteiger partial charge is 0.466 e. The number of carbonyl (C=O) groups excluding carboxylic acids is 1. The van der Waals surface area contributed by atoms with E-state index in [2.05, 4.69) is 21.4 Å². The summed E-state index contributed by atoms with van der Waals surface area (Å²) in [7, 11) is 1.36. The van der Waals surface area contributed by atoms with E-state index in [1.165, 1.54) is 7.11 Å². The van der Waals surface area contributed by atoms with Gasteiger partial charge in [0.15, 0.2) is 0 Å². The van der Waals surface area contributed by atoms with Crippen molar-refractivity contribution >= 4 is 27.8 Å². The quantitative estimate of drug-likeness (QED) is 0.621. The van der Waals surface area contributed by atoms with Crippen LogP contribution in [0.2, 0.25) is 0 Å². The number of hydrogen-bond donors (Lipinski definition) is 3. The molecule has 0 spiro atoms. The number of carbonyl (C=O) groups is 1. The topological polar surface area (TPSA) is 87.2 Å². The third-order valence-corrected chi connectivity index (χ3v) is 5.07. The van der Waals surface area contributed by atoms with Gasteiger partial charge in [-0.05, 0) is 24.6 Å². The average molecular weight is 363 g/mol. The number of para-hydroxylation sites is 1. The van der Waals surface area contributed by atoms with Gasteiger partial charge in [0.05, 0.1) is 30.0 Å². The molecule has 0 amide bonds. The summed E-state index contributed by atoms with van der Waals surface area (Å²) < 4.78 is 4.94. The van der Waals surface area contributed by atoms with E-state index in [0.29, 0.717) is 12.0 Å². The second-order valence-electron chi connectivity index (χ2n) is 6.69. The number of nitrogens with zero attached hydrogens (tertiary/aromatic N) is 1. The van der Waals surface area contributed by atoms with Gasteiger partial charge in [0.25, 0.3) is 0 Å². The average Bonchev–Trinajstić information content (AvgIpc) is 3.07. The van der Waals surface area contributed by atoms with Gasteiger partial charge in [-0.2, -0.15) is 0 Å². The molecular weight excluding hydrogens is 342 g/mol. The molecule has 138 valence electrons. The van der Waals surface area contributed by atoms with Crippen LogP contribution in [0.1, 0.15) is 12.6 Å². The Balaban J connectivity index is 1.81. The van der Waals surface area contributed by atoms with Crippen LogP contribution in [-0.2, 0) is 16.0 Å². The van der Waals surface area contributed by atoms with Gasteiger partial charge >= 0.3 is 5.97 Å². The SMILES string of the molecule is COC(=O)C1=CNC=C(C(C)O)C1Cc1nccc2c1[nH]c1ccccc12. The second kappa shape index (κ2) is 6.89. The predicted octanol–water partition coefficient (Wildman–Crippen LogP) is 2.80. The first kappa shape index (κ1) is 17.3. The van der Waals surface area contributed by atoms with Crippen LogP contribution in [0.15, 0.2) is 60.1 Å². The molecule has 3 heterocycles. The number of aromatic amines is 1. The molecular formula is C21H21N3O3. The summed E-state index contributed by atoms with van der Waals surface area (Å²) in [6.07, 6.45) is 4.94. The fraction of sp³-hybridized carbons (Fsp3) is 0.238. The van der Waals surface area contributed by atoms with Gasteiger partial charge in [0, 0.05) is 47.2 Å². The van der Waals surface area contributed by atoms with Crippen molar-refractivity contribution in [3.05, 3.63) is 65.8 Å². The maximum absolute atomic E-state index is 12.3. The van der Waals surface area contributed by atoms with Crippen LogP contribution in [0.25, 0.3) is 21.8 Å². The van der Waals surface area contributed by atoms with Crippen molar-refractivity contribution in [3.63, 3.8) is 0 Å². The number of aliphatic hydroxyl groups is 1. The zero-order valence-corrected chi connectivity index (χ0v) is 15.2. The van der Waals surface area contributed by atoms with Gasteiger partial charge in [0.2, 0.25) is 0 Å². The van der Waals surface area contributed by atoms with E-state index < -0.39 is 12.1 Å². The van der Waals surface area contributed by atoms with Crippen LogP contribution < -0.4 is 5.32 Å². The van der Waals surface area contributed by atoms with Crippen molar-refractivity contribution in [1.29, 1.82) is 0 Å². The number of methoxy groups -OCH3 is 1. The molecule has 0 bridgehead atoms. The minimum absolute atomic E-state index is 0.316. The number of ether oxygens (including phenoxy) is 1. The highest BCUT2D eigenvalue weighted by Crippen LogP contribution is 2.33. The van der Waals surface area contributed by atoms with Gasteiger partial charge in [0.1, 0.15) is 0 Å². The van der Waals surface area contributed by atoms with Crippen LogP contribution in [0.5, 0.6) is 0 Å². The van der Waals surface area contributed by atoms with Crippen LogP contribution in [0.3, 0.4) is 0 Å². The lowest BCUT2D eigenvalue weighted by molar-refractivity contribution is -0.136. The van der Waals surface area contributed by atoms with E-state index in [-0.39, 0.29) is 5.92 Å². The molecule has 1 aromatic carbocycles. The third-order valence-electron chi connectivity index (χ3n) is 5.07. The monoisotopic (exact) mass is 363 g/mol. The van der Waals surface area contributed by atoms with Crippen LogP contribution in [-0.4, -0.2) is 34.3 Å². The molecule has 1 aliphatic rings. The Kier molecular flexibility index (Phi) is 4.41. The van der Waals surface area contributed by atoms with Gasteiger partial charge in [-0.25, -0.2) is 4.79 Å². The Labute approximate surface area is 156 Å². The summed E-state index contributed by atoms with van der Waals surface area (Å²) in [6, 6.07) is 10.1. The van der Waals surface area contributed by atoms with Crippen molar-refractivity contribution < 1.29 is 14.6 Å². The number of pyridine rings is 1. The summed E-state index contributed by atoms with van der Waals surface area (Å²) >= 11 is 0. The summed E-state index contributed by atoms with van der Waals surface area (Å²) in [6.45, 7) is 1.69. The number of fused-ring (bicyclic) bond motifs is 3. The fourth-order valence-electron chi connectivity index (χ4n) is 3.75. The summed E-state index contributed by atoms with van der Waals surface area (Å²) in [5.74, 6) is -0.731. The molecule has 6 heteroatoms. The molecule has 2 unspecified atom stereocenters. The van der Waals surface area contributed by atoms with Crippen molar-refractivity contribution in [1.82, 2.24) is 15.3 Å². The van der Waals surface area contributed by atoms with Crippen LogP contribution in [0.4, 0.5) is 0 Å². The molecule has 3 aromatic rings. The standard InChI is InChI=1S/C21H21N3O3/c1-12(25)16-10-22-11-17(21(26)27-2)15(16)9-19-20-14(7-8-23-19)13-5-3-4-6-18(13)24-20/h3-8,10-12,15,22,24-25H,9H2,1-2H3. The zero-order chi connectivity index (χ0) is 19.0. The lowest BCUT2D eigenvalue weighted by Crippen LogP contribution is -2.29. The van der Waals surface area contributed by atoms with Crippen molar-refractivity contribution in [2.45, 2.75) is 19.4 Å². The molecule has 3 N–H and O–H groups in total. The minimum atomic E-state index is -0.697. The Hall–Kier alpha value is -3.12. The number of rotatable bonds is 4. The lowest BCUT2D eigenvalue weighted by atomic mass is 9.83. The van der Waals surface area contributed by atoms with Crippen molar-refractivity contribution in [2.24, 2.45) is 5.92 Å². The smallest absolute Gasteiger partial charge is 0.335 e. The molecule has 0 saturated carbocycles. The molecule has 0 saturated heterocycles. The summed E-state index contributed by atoms with van der Waals surface area (Å²) in [5, 5.41) is 15.4.